The first-order valence-electron chi connectivity index (χ1n) is 4.78. The topological polar surface area (TPSA) is 66.8 Å². The Hall–Kier alpha value is -0.750. The third-order valence-electron chi connectivity index (χ3n) is 2.14. The molecule has 1 heterocycles. The molecule has 0 aromatic rings. The molecule has 1 amide bonds. The second-order valence-electron chi connectivity index (χ2n) is 3.40. The summed E-state index contributed by atoms with van der Waals surface area (Å²) in [6.45, 7) is 3.67. The molecule has 0 bridgehead atoms. The van der Waals surface area contributed by atoms with Crippen LogP contribution in [-0.2, 0) is 14.3 Å². The number of hydrogen-bond acceptors (Lipinski definition) is 4. The number of amides is 1. The molecule has 1 atom stereocenters. The van der Waals surface area contributed by atoms with Crippen molar-refractivity contribution in [3.63, 3.8) is 0 Å². The smallest absolute Gasteiger partial charge is 0.313 e. The zero-order valence-corrected chi connectivity index (χ0v) is 9.46. The van der Waals surface area contributed by atoms with Crippen molar-refractivity contribution < 1.29 is 19.4 Å². The average molecular weight is 233 g/mol. The van der Waals surface area contributed by atoms with Crippen LogP contribution >= 0.6 is 11.8 Å². The SMILES string of the molecule is C[C@@H]1COCCN1C(=O)CSCC(=O)O. The van der Waals surface area contributed by atoms with Gasteiger partial charge in [-0.2, -0.15) is 0 Å². The largest absolute Gasteiger partial charge is 0.481 e. The van der Waals surface area contributed by atoms with E-state index in [9.17, 15) is 9.59 Å². The van der Waals surface area contributed by atoms with E-state index in [2.05, 4.69) is 0 Å². The second kappa shape index (κ2) is 5.97. The minimum Gasteiger partial charge on any atom is -0.481 e. The highest BCUT2D eigenvalue weighted by molar-refractivity contribution is 8.00. The van der Waals surface area contributed by atoms with Crippen LogP contribution in [0.4, 0.5) is 0 Å². The summed E-state index contributed by atoms with van der Waals surface area (Å²) in [5.41, 5.74) is 0. The van der Waals surface area contributed by atoms with Crippen molar-refractivity contribution in [1.29, 1.82) is 0 Å². The fraction of sp³-hybridized carbons (Fsp3) is 0.778. The van der Waals surface area contributed by atoms with Crippen molar-refractivity contribution in [1.82, 2.24) is 4.90 Å². The molecule has 1 saturated heterocycles. The Kier molecular flexibility index (Phi) is 4.90. The van der Waals surface area contributed by atoms with E-state index in [0.29, 0.717) is 19.8 Å². The highest BCUT2D eigenvalue weighted by Gasteiger charge is 2.23. The molecular weight excluding hydrogens is 218 g/mol. The predicted molar refractivity (Wildman–Crippen MR) is 57.0 cm³/mol. The molecule has 0 spiro atoms. The molecule has 15 heavy (non-hydrogen) atoms. The van der Waals surface area contributed by atoms with Crippen molar-refractivity contribution in [3.8, 4) is 0 Å². The monoisotopic (exact) mass is 233 g/mol. The summed E-state index contributed by atoms with van der Waals surface area (Å²) in [4.78, 5) is 23.7. The Morgan fingerprint density at radius 3 is 2.87 bits per heavy atom. The maximum Gasteiger partial charge on any atom is 0.313 e. The maximum absolute atomic E-state index is 11.6. The van der Waals surface area contributed by atoms with Gasteiger partial charge < -0.3 is 14.7 Å². The van der Waals surface area contributed by atoms with Gasteiger partial charge >= 0.3 is 5.97 Å². The molecule has 0 unspecified atom stereocenters. The van der Waals surface area contributed by atoms with Gasteiger partial charge in [0, 0.05) is 6.54 Å². The number of morpholine rings is 1. The number of ether oxygens (including phenoxy) is 1. The van der Waals surface area contributed by atoms with Gasteiger partial charge in [-0.25, -0.2) is 0 Å². The van der Waals surface area contributed by atoms with Gasteiger partial charge in [-0.05, 0) is 6.92 Å². The van der Waals surface area contributed by atoms with Gasteiger partial charge in [0.25, 0.3) is 0 Å². The summed E-state index contributed by atoms with van der Waals surface area (Å²) in [5, 5.41) is 8.42. The third kappa shape index (κ3) is 4.09. The lowest BCUT2D eigenvalue weighted by Crippen LogP contribution is -2.47. The van der Waals surface area contributed by atoms with Gasteiger partial charge in [0.05, 0.1) is 30.8 Å². The summed E-state index contributed by atoms with van der Waals surface area (Å²) in [5.74, 6) is -0.680. The van der Waals surface area contributed by atoms with Crippen molar-refractivity contribution in [2.75, 3.05) is 31.3 Å². The predicted octanol–water partition coefficient (Wildman–Crippen LogP) is 0.0515. The number of carbonyl (C=O) groups is 2. The van der Waals surface area contributed by atoms with Crippen LogP contribution in [0.5, 0.6) is 0 Å². The lowest BCUT2D eigenvalue weighted by Gasteiger charge is -2.33. The van der Waals surface area contributed by atoms with Crippen LogP contribution < -0.4 is 0 Å². The summed E-state index contributed by atoms with van der Waals surface area (Å²) in [6, 6.07) is 0.0941. The maximum atomic E-state index is 11.6. The summed E-state index contributed by atoms with van der Waals surface area (Å²) in [6.07, 6.45) is 0. The van der Waals surface area contributed by atoms with Gasteiger partial charge in [0.15, 0.2) is 0 Å². The number of thioether (sulfide) groups is 1. The van der Waals surface area contributed by atoms with Crippen LogP contribution in [0, 0.1) is 0 Å². The summed E-state index contributed by atoms with van der Waals surface area (Å²) in [7, 11) is 0. The van der Waals surface area contributed by atoms with Crippen molar-refractivity contribution in [2.24, 2.45) is 0 Å². The molecule has 0 saturated carbocycles. The van der Waals surface area contributed by atoms with E-state index in [-0.39, 0.29) is 23.5 Å². The molecule has 0 aromatic carbocycles. The Bertz CT molecular complexity index is 246. The normalized spacial score (nSPS) is 21.4. The lowest BCUT2D eigenvalue weighted by molar-refractivity contribution is -0.136. The number of rotatable bonds is 4. The van der Waals surface area contributed by atoms with Gasteiger partial charge in [-0.1, -0.05) is 0 Å². The van der Waals surface area contributed by atoms with Gasteiger partial charge in [-0.15, -0.1) is 11.8 Å². The van der Waals surface area contributed by atoms with Gasteiger partial charge in [0.2, 0.25) is 5.91 Å². The molecule has 1 aliphatic heterocycles. The zero-order chi connectivity index (χ0) is 11.3. The zero-order valence-electron chi connectivity index (χ0n) is 8.64. The van der Waals surface area contributed by atoms with Crippen LogP contribution in [0.2, 0.25) is 0 Å². The molecule has 5 nitrogen and oxygen atoms in total. The van der Waals surface area contributed by atoms with E-state index in [4.69, 9.17) is 9.84 Å². The quantitative estimate of drug-likeness (QED) is 0.743. The first-order chi connectivity index (χ1) is 7.11. The minimum atomic E-state index is -0.886. The molecule has 86 valence electrons. The Balaban J connectivity index is 2.29. The first-order valence-corrected chi connectivity index (χ1v) is 5.93. The molecule has 1 aliphatic rings. The van der Waals surface area contributed by atoms with E-state index < -0.39 is 5.97 Å². The van der Waals surface area contributed by atoms with Gasteiger partial charge in [0.1, 0.15) is 0 Å². The van der Waals surface area contributed by atoms with Crippen LogP contribution in [-0.4, -0.2) is 59.2 Å². The Labute approximate surface area is 92.8 Å². The van der Waals surface area contributed by atoms with Crippen LogP contribution in [0.1, 0.15) is 6.92 Å². The van der Waals surface area contributed by atoms with Crippen molar-refractivity contribution >= 4 is 23.6 Å². The highest BCUT2D eigenvalue weighted by atomic mass is 32.2. The van der Waals surface area contributed by atoms with E-state index in [1.54, 1.807) is 4.90 Å². The number of carbonyl (C=O) groups excluding carboxylic acids is 1. The van der Waals surface area contributed by atoms with Crippen molar-refractivity contribution in [3.05, 3.63) is 0 Å². The molecule has 0 aromatic heterocycles. The van der Waals surface area contributed by atoms with Crippen LogP contribution in [0.3, 0.4) is 0 Å². The van der Waals surface area contributed by atoms with Gasteiger partial charge in [-0.3, -0.25) is 9.59 Å². The van der Waals surface area contributed by atoms with E-state index in [1.165, 1.54) is 0 Å². The van der Waals surface area contributed by atoms with Crippen LogP contribution in [0.25, 0.3) is 0 Å². The van der Waals surface area contributed by atoms with E-state index in [0.717, 1.165) is 11.8 Å². The molecular formula is C9H15NO4S. The van der Waals surface area contributed by atoms with E-state index in [1.807, 2.05) is 6.92 Å². The number of hydrogen-bond donors (Lipinski definition) is 1. The molecule has 0 aliphatic carbocycles. The highest BCUT2D eigenvalue weighted by Crippen LogP contribution is 2.09. The molecule has 1 rings (SSSR count). The lowest BCUT2D eigenvalue weighted by atomic mass is 10.2. The standard InChI is InChI=1S/C9H15NO4S/c1-7-4-14-3-2-10(7)8(11)5-15-6-9(12)13/h7H,2-6H2,1H3,(H,12,13)/t7-/m1/s1. The number of aliphatic carboxylic acids is 1. The van der Waals surface area contributed by atoms with Crippen LogP contribution in [0.15, 0.2) is 0 Å². The number of carboxylic acids is 1. The second-order valence-corrected chi connectivity index (χ2v) is 4.38. The molecule has 1 N–H and O–H groups in total. The first kappa shape index (κ1) is 12.3. The summed E-state index contributed by atoms with van der Waals surface area (Å²) >= 11 is 1.13. The molecule has 1 fully saturated rings. The fourth-order valence-electron chi connectivity index (χ4n) is 1.41. The minimum absolute atomic E-state index is 0.00273. The van der Waals surface area contributed by atoms with Crippen molar-refractivity contribution in [2.45, 2.75) is 13.0 Å². The Morgan fingerprint density at radius 1 is 1.53 bits per heavy atom. The average Bonchev–Trinajstić information content (AvgIpc) is 2.17. The molecule has 6 heteroatoms. The molecule has 0 radical (unpaired) electrons. The third-order valence-corrected chi connectivity index (χ3v) is 3.04. The Morgan fingerprint density at radius 2 is 2.27 bits per heavy atom. The summed E-state index contributed by atoms with van der Waals surface area (Å²) < 4.78 is 5.21. The number of nitrogens with zero attached hydrogens (tertiary/aromatic N) is 1. The van der Waals surface area contributed by atoms with E-state index >= 15 is 0 Å². The fourth-order valence-corrected chi connectivity index (χ4v) is 2.02. The number of carboxylic acid groups (broad SMARTS) is 1.